The van der Waals surface area contributed by atoms with Crippen LogP contribution >= 0.6 is 0 Å². The van der Waals surface area contributed by atoms with Gasteiger partial charge in [0.15, 0.2) is 0 Å². The number of amides is 1. The lowest BCUT2D eigenvalue weighted by atomic mass is 9.87. The van der Waals surface area contributed by atoms with Crippen molar-refractivity contribution in [2.75, 3.05) is 6.61 Å². The maximum Gasteiger partial charge on any atom is 0.405 e. The van der Waals surface area contributed by atoms with Gasteiger partial charge in [0.05, 0.1) is 6.61 Å². The number of benzene rings is 1. The molecule has 0 spiro atoms. The van der Waals surface area contributed by atoms with Crippen LogP contribution in [0.25, 0.3) is 11.1 Å². The van der Waals surface area contributed by atoms with Crippen LogP contribution in [-0.4, -0.2) is 17.7 Å². The second-order valence-corrected chi connectivity index (χ2v) is 8.04. The number of carbonyl (C=O) groups excluding carboxylic acids is 1. The molecule has 5 heteroatoms. The van der Waals surface area contributed by atoms with Crippen molar-refractivity contribution >= 4 is 6.09 Å². The summed E-state index contributed by atoms with van der Waals surface area (Å²) in [5.74, 6) is 1.39. The molecule has 4 rings (SSSR count). The van der Waals surface area contributed by atoms with Gasteiger partial charge in [-0.2, -0.15) is 0 Å². The van der Waals surface area contributed by atoms with Gasteiger partial charge < -0.3 is 15.2 Å². The van der Waals surface area contributed by atoms with Crippen molar-refractivity contribution in [3.05, 3.63) is 47.7 Å². The minimum absolute atomic E-state index is 0.172. The summed E-state index contributed by atoms with van der Waals surface area (Å²) in [5, 5.41) is 0. The molecule has 1 saturated carbocycles. The molecule has 1 aromatic carbocycles. The van der Waals surface area contributed by atoms with E-state index < -0.39 is 6.09 Å². The lowest BCUT2D eigenvalue weighted by molar-refractivity contribution is 0.0392. The molecule has 5 nitrogen and oxygen atoms in total. The summed E-state index contributed by atoms with van der Waals surface area (Å²) in [5.41, 5.74) is 9.45. The number of carbonyl (C=O) groups is 1. The highest BCUT2D eigenvalue weighted by atomic mass is 16.6. The number of hydrogen-bond acceptors (Lipinski definition) is 4. The van der Waals surface area contributed by atoms with Gasteiger partial charge in [0.2, 0.25) is 5.88 Å². The Hall–Kier alpha value is -2.56. The van der Waals surface area contributed by atoms with Crippen LogP contribution in [0, 0.1) is 11.3 Å². The van der Waals surface area contributed by atoms with Crippen molar-refractivity contribution in [2.45, 2.75) is 39.2 Å². The van der Waals surface area contributed by atoms with Gasteiger partial charge >= 0.3 is 6.09 Å². The number of nitrogens with zero attached hydrogens (tertiary/aromatic N) is 1. The van der Waals surface area contributed by atoms with Gasteiger partial charge in [-0.1, -0.05) is 32.0 Å². The van der Waals surface area contributed by atoms with E-state index in [1.807, 2.05) is 30.5 Å². The first-order valence-corrected chi connectivity index (χ1v) is 9.10. The topological polar surface area (TPSA) is 74.4 Å². The molecular weight excluding hydrogens is 328 g/mol. The normalized spacial score (nSPS) is 20.5. The molecular formula is C21H24N2O3. The quantitative estimate of drug-likeness (QED) is 0.872. The summed E-state index contributed by atoms with van der Waals surface area (Å²) < 4.78 is 11.1. The van der Waals surface area contributed by atoms with Crippen LogP contribution in [0.5, 0.6) is 5.88 Å². The fraction of sp³-hybridized carbons (Fsp3) is 0.429. The van der Waals surface area contributed by atoms with Crippen molar-refractivity contribution in [1.29, 1.82) is 0 Å². The van der Waals surface area contributed by atoms with Crippen LogP contribution in [0.3, 0.4) is 0 Å². The molecule has 1 atom stereocenters. The molecule has 2 aromatic rings. The number of nitrogens with two attached hydrogens (primary N) is 1. The molecule has 26 heavy (non-hydrogen) atoms. The Morgan fingerprint density at radius 2 is 2.00 bits per heavy atom. The molecule has 1 aromatic heterocycles. The summed E-state index contributed by atoms with van der Waals surface area (Å²) in [6, 6.07) is 10.2. The second kappa shape index (κ2) is 6.31. The van der Waals surface area contributed by atoms with Crippen molar-refractivity contribution in [3.8, 4) is 17.0 Å². The average Bonchev–Trinajstić information content (AvgIpc) is 3.39. The number of aromatic nitrogens is 1. The van der Waals surface area contributed by atoms with Gasteiger partial charge in [0.25, 0.3) is 0 Å². The van der Waals surface area contributed by atoms with Gasteiger partial charge in [-0.25, -0.2) is 9.78 Å². The molecule has 1 unspecified atom stereocenters. The Bertz CT molecular complexity index is 826. The van der Waals surface area contributed by atoms with E-state index >= 15 is 0 Å². The van der Waals surface area contributed by atoms with Crippen LogP contribution in [0.1, 0.15) is 43.9 Å². The standard InChI is InChI=1S/C21H24N2O3/c1-21(2)10-16-9-14(5-7-17(16)19(21)26-20(22)24)15-6-8-18(23-11-15)25-12-13-3-4-13/h5-9,11,13,19H,3-4,10,12H2,1-2H3,(H2,22,24). The van der Waals surface area contributed by atoms with Crippen molar-refractivity contribution in [1.82, 2.24) is 4.98 Å². The third-order valence-electron chi connectivity index (χ3n) is 5.25. The summed E-state index contributed by atoms with van der Waals surface area (Å²) in [4.78, 5) is 15.7. The summed E-state index contributed by atoms with van der Waals surface area (Å²) in [6.45, 7) is 4.95. The number of pyridine rings is 1. The van der Waals surface area contributed by atoms with Crippen LogP contribution in [-0.2, 0) is 11.2 Å². The number of hydrogen-bond donors (Lipinski definition) is 1. The van der Waals surface area contributed by atoms with E-state index in [4.69, 9.17) is 15.2 Å². The van der Waals surface area contributed by atoms with Crippen LogP contribution in [0.2, 0.25) is 0 Å². The van der Waals surface area contributed by atoms with Crippen LogP contribution in [0.15, 0.2) is 36.5 Å². The molecule has 2 aliphatic rings. The molecule has 0 aliphatic heterocycles. The van der Waals surface area contributed by atoms with Crippen molar-refractivity contribution < 1.29 is 14.3 Å². The average molecular weight is 352 g/mol. The zero-order valence-electron chi connectivity index (χ0n) is 15.2. The van der Waals surface area contributed by atoms with Crippen molar-refractivity contribution in [3.63, 3.8) is 0 Å². The molecule has 1 fully saturated rings. The maximum absolute atomic E-state index is 11.3. The smallest absolute Gasteiger partial charge is 0.405 e. The first-order chi connectivity index (χ1) is 12.4. The lowest BCUT2D eigenvalue weighted by Crippen LogP contribution is -2.25. The highest BCUT2D eigenvalue weighted by molar-refractivity contribution is 5.67. The van der Waals surface area contributed by atoms with E-state index in [-0.39, 0.29) is 11.5 Å². The number of rotatable bonds is 5. The minimum Gasteiger partial charge on any atom is -0.477 e. The van der Waals surface area contributed by atoms with Gasteiger partial charge in [-0.15, -0.1) is 0 Å². The number of primary amides is 1. The third kappa shape index (κ3) is 3.39. The highest BCUT2D eigenvalue weighted by Crippen LogP contribution is 2.48. The Labute approximate surface area is 153 Å². The molecule has 136 valence electrons. The fourth-order valence-corrected chi connectivity index (χ4v) is 3.66. The van der Waals surface area contributed by atoms with E-state index in [1.54, 1.807) is 0 Å². The number of ether oxygens (including phenoxy) is 2. The zero-order valence-corrected chi connectivity index (χ0v) is 15.2. The Morgan fingerprint density at radius 1 is 1.23 bits per heavy atom. The Balaban J connectivity index is 1.54. The third-order valence-corrected chi connectivity index (χ3v) is 5.25. The molecule has 2 N–H and O–H groups in total. The van der Waals surface area contributed by atoms with Gasteiger partial charge in [0.1, 0.15) is 6.10 Å². The zero-order chi connectivity index (χ0) is 18.3. The summed E-state index contributed by atoms with van der Waals surface area (Å²) in [6.07, 6.45) is 4.19. The van der Waals surface area contributed by atoms with Gasteiger partial charge in [0, 0.05) is 23.2 Å². The minimum atomic E-state index is -0.731. The van der Waals surface area contributed by atoms with E-state index in [9.17, 15) is 4.79 Å². The summed E-state index contributed by atoms with van der Waals surface area (Å²) in [7, 11) is 0. The van der Waals surface area contributed by atoms with E-state index in [1.165, 1.54) is 18.4 Å². The second-order valence-electron chi connectivity index (χ2n) is 8.04. The molecule has 1 heterocycles. The van der Waals surface area contributed by atoms with E-state index in [2.05, 4.69) is 24.9 Å². The first-order valence-electron chi connectivity index (χ1n) is 9.10. The van der Waals surface area contributed by atoms with Crippen LogP contribution in [0.4, 0.5) is 4.79 Å². The predicted molar refractivity (Wildman–Crippen MR) is 98.8 cm³/mol. The maximum atomic E-state index is 11.3. The molecule has 1 amide bonds. The van der Waals surface area contributed by atoms with Gasteiger partial charge in [-0.05, 0) is 47.9 Å². The SMILES string of the molecule is CC1(C)Cc2cc(-c3ccc(OCC4CC4)nc3)ccc2C1OC(N)=O. The lowest BCUT2D eigenvalue weighted by Gasteiger charge is -2.26. The molecule has 2 aliphatic carbocycles. The molecule has 0 saturated heterocycles. The van der Waals surface area contributed by atoms with E-state index in [0.29, 0.717) is 11.8 Å². The molecule has 0 bridgehead atoms. The van der Waals surface area contributed by atoms with Gasteiger partial charge in [-0.3, -0.25) is 0 Å². The first kappa shape index (κ1) is 16.9. The predicted octanol–water partition coefficient (Wildman–Crippen LogP) is 4.26. The monoisotopic (exact) mass is 352 g/mol. The Kier molecular flexibility index (Phi) is 4.10. The molecule has 0 radical (unpaired) electrons. The Morgan fingerprint density at radius 3 is 2.65 bits per heavy atom. The van der Waals surface area contributed by atoms with E-state index in [0.717, 1.165) is 29.7 Å². The summed E-state index contributed by atoms with van der Waals surface area (Å²) >= 11 is 0. The highest BCUT2D eigenvalue weighted by Gasteiger charge is 2.41. The fourth-order valence-electron chi connectivity index (χ4n) is 3.66. The number of fused-ring (bicyclic) bond motifs is 1. The largest absolute Gasteiger partial charge is 0.477 e. The van der Waals surface area contributed by atoms with Crippen molar-refractivity contribution in [2.24, 2.45) is 17.1 Å². The van der Waals surface area contributed by atoms with Crippen LogP contribution < -0.4 is 10.5 Å².